The largest absolute Gasteiger partial charge is 0.486 e. The molecule has 0 spiro atoms. The monoisotopic (exact) mass is 342 g/mol. The van der Waals surface area contributed by atoms with Crippen molar-refractivity contribution in [3.05, 3.63) is 47.8 Å². The number of hydrogen-bond acceptors (Lipinski definition) is 3. The highest BCUT2D eigenvalue weighted by Crippen LogP contribution is 2.35. The average molecular weight is 343 g/mol. The number of halogens is 1. The van der Waals surface area contributed by atoms with Gasteiger partial charge in [-0.05, 0) is 24.1 Å². The first-order chi connectivity index (χ1) is 11.8. The van der Waals surface area contributed by atoms with Gasteiger partial charge in [-0.3, -0.25) is 4.57 Å². The van der Waals surface area contributed by atoms with Crippen LogP contribution in [0.25, 0.3) is 16.7 Å². The lowest BCUT2D eigenvalue weighted by molar-refractivity contribution is 0.172. The van der Waals surface area contributed by atoms with Crippen molar-refractivity contribution < 1.29 is 9.47 Å². The first kappa shape index (κ1) is 15.3. The summed E-state index contributed by atoms with van der Waals surface area (Å²) in [5.74, 6) is 3.23. The van der Waals surface area contributed by atoms with Crippen LogP contribution >= 0.6 is 11.6 Å². The van der Waals surface area contributed by atoms with Gasteiger partial charge in [0.2, 0.25) is 0 Å². The summed E-state index contributed by atoms with van der Waals surface area (Å²) in [6.07, 6.45) is 1.73. The standard InChI is InChI=1S/C19H19ClN2O2/c1-2-19-21-15-11-17-18(24-10-9-23-17)12-16(15)22(19)14-5-3-13(4-6-14)7-8-20/h3-6,11-12H,2,7-10H2,1H3. The number of benzene rings is 2. The molecule has 2 heterocycles. The lowest BCUT2D eigenvalue weighted by Gasteiger charge is -2.18. The van der Waals surface area contributed by atoms with E-state index in [2.05, 4.69) is 35.8 Å². The molecule has 5 heteroatoms. The van der Waals surface area contributed by atoms with Crippen molar-refractivity contribution in [2.45, 2.75) is 19.8 Å². The first-order valence-electron chi connectivity index (χ1n) is 8.26. The molecule has 4 nitrogen and oxygen atoms in total. The number of imidazole rings is 1. The number of ether oxygens (including phenoxy) is 2. The van der Waals surface area contributed by atoms with Crippen LogP contribution in [0.5, 0.6) is 11.5 Å². The molecule has 124 valence electrons. The summed E-state index contributed by atoms with van der Waals surface area (Å²) in [6.45, 7) is 3.29. The van der Waals surface area contributed by atoms with Gasteiger partial charge in [0, 0.05) is 30.1 Å². The summed E-state index contributed by atoms with van der Waals surface area (Å²) in [5.41, 5.74) is 4.32. The fourth-order valence-electron chi connectivity index (χ4n) is 3.11. The van der Waals surface area contributed by atoms with E-state index in [0.717, 1.165) is 46.9 Å². The van der Waals surface area contributed by atoms with E-state index in [1.54, 1.807) is 0 Å². The topological polar surface area (TPSA) is 36.3 Å². The van der Waals surface area contributed by atoms with Crippen LogP contribution in [0.15, 0.2) is 36.4 Å². The Morgan fingerprint density at radius 3 is 2.46 bits per heavy atom. The van der Waals surface area contributed by atoms with Crippen molar-refractivity contribution >= 4 is 22.6 Å². The van der Waals surface area contributed by atoms with Gasteiger partial charge >= 0.3 is 0 Å². The SMILES string of the molecule is CCc1nc2cc3c(cc2n1-c1ccc(CCCl)cc1)OCCO3. The summed E-state index contributed by atoms with van der Waals surface area (Å²) < 4.78 is 13.6. The van der Waals surface area contributed by atoms with Crippen LogP contribution in [0, 0.1) is 0 Å². The molecule has 0 saturated heterocycles. The molecule has 1 aliphatic rings. The Hall–Kier alpha value is -2.20. The van der Waals surface area contributed by atoms with Gasteiger partial charge in [-0.15, -0.1) is 11.6 Å². The second-order valence-electron chi connectivity index (χ2n) is 5.81. The van der Waals surface area contributed by atoms with Crippen molar-refractivity contribution in [3.63, 3.8) is 0 Å². The third-order valence-electron chi connectivity index (χ3n) is 4.28. The van der Waals surface area contributed by atoms with Gasteiger partial charge in [0.1, 0.15) is 19.0 Å². The minimum Gasteiger partial charge on any atom is -0.486 e. The predicted octanol–water partition coefficient (Wildman–Crippen LogP) is 4.14. The van der Waals surface area contributed by atoms with Crippen LogP contribution < -0.4 is 9.47 Å². The molecule has 0 fully saturated rings. The molecule has 1 aliphatic heterocycles. The van der Waals surface area contributed by atoms with Crippen molar-refractivity contribution in [1.29, 1.82) is 0 Å². The number of rotatable bonds is 4. The molecule has 0 bridgehead atoms. The lowest BCUT2D eigenvalue weighted by atomic mass is 10.1. The van der Waals surface area contributed by atoms with E-state index in [0.29, 0.717) is 19.1 Å². The molecule has 0 radical (unpaired) electrons. The molecule has 0 unspecified atom stereocenters. The van der Waals surface area contributed by atoms with E-state index < -0.39 is 0 Å². The highest BCUT2D eigenvalue weighted by atomic mass is 35.5. The predicted molar refractivity (Wildman–Crippen MR) is 95.9 cm³/mol. The molecule has 0 N–H and O–H groups in total. The van der Waals surface area contributed by atoms with E-state index in [1.807, 2.05) is 12.1 Å². The molecular weight excluding hydrogens is 324 g/mol. The van der Waals surface area contributed by atoms with Gasteiger partial charge in [0.25, 0.3) is 0 Å². The minimum absolute atomic E-state index is 0.584. The van der Waals surface area contributed by atoms with Crippen molar-refractivity contribution in [2.75, 3.05) is 19.1 Å². The van der Waals surface area contributed by atoms with Crippen LogP contribution in [-0.4, -0.2) is 28.6 Å². The van der Waals surface area contributed by atoms with Gasteiger partial charge in [-0.2, -0.15) is 0 Å². The third kappa shape index (κ3) is 2.61. The van der Waals surface area contributed by atoms with Crippen LogP contribution in [-0.2, 0) is 12.8 Å². The molecule has 0 saturated carbocycles. The number of fused-ring (bicyclic) bond motifs is 2. The number of aryl methyl sites for hydroxylation is 2. The number of nitrogens with zero attached hydrogens (tertiary/aromatic N) is 2. The second-order valence-corrected chi connectivity index (χ2v) is 6.18. The molecule has 24 heavy (non-hydrogen) atoms. The lowest BCUT2D eigenvalue weighted by Crippen LogP contribution is -2.15. The van der Waals surface area contributed by atoms with Crippen molar-refractivity contribution in [3.8, 4) is 17.2 Å². The maximum Gasteiger partial charge on any atom is 0.163 e. The van der Waals surface area contributed by atoms with Gasteiger partial charge in [0.15, 0.2) is 11.5 Å². The Balaban J connectivity index is 1.86. The maximum atomic E-state index is 5.83. The zero-order chi connectivity index (χ0) is 16.5. The summed E-state index contributed by atoms with van der Waals surface area (Å²) >= 11 is 5.83. The fraction of sp³-hybridized carbons (Fsp3) is 0.316. The molecular formula is C19H19ClN2O2. The van der Waals surface area contributed by atoms with E-state index in [4.69, 9.17) is 26.1 Å². The van der Waals surface area contributed by atoms with Crippen LogP contribution in [0.1, 0.15) is 18.3 Å². The van der Waals surface area contributed by atoms with Crippen LogP contribution in [0.2, 0.25) is 0 Å². The highest BCUT2D eigenvalue weighted by molar-refractivity contribution is 6.17. The Labute approximate surface area is 146 Å². The molecule has 1 aromatic heterocycles. The third-order valence-corrected chi connectivity index (χ3v) is 4.47. The number of alkyl halides is 1. The Kier molecular flexibility index (Phi) is 4.07. The smallest absolute Gasteiger partial charge is 0.163 e. The summed E-state index contributed by atoms with van der Waals surface area (Å²) in [6, 6.07) is 12.5. The fourth-order valence-corrected chi connectivity index (χ4v) is 3.33. The van der Waals surface area contributed by atoms with Gasteiger partial charge < -0.3 is 9.47 Å². The molecule has 0 amide bonds. The molecule has 0 aliphatic carbocycles. The average Bonchev–Trinajstić information content (AvgIpc) is 2.98. The van der Waals surface area contributed by atoms with Gasteiger partial charge in [0.05, 0.1) is 11.0 Å². The summed E-state index contributed by atoms with van der Waals surface area (Å²) in [7, 11) is 0. The van der Waals surface area contributed by atoms with Crippen LogP contribution in [0.3, 0.4) is 0 Å². The van der Waals surface area contributed by atoms with Crippen molar-refractivity contribution in [1.82, 2.24) is 9.55 Å². The van der Waals surface area contributed by atoms with E-state index >= 15 is 0 Å². The van der Waals surface area contributed by atoms with Gasteiger partial charge in [-0.25, -0.2) is 4.98 Å². The summed E-state index contributed by atoms with van der Waals surface area (Å²) in [4.78, 5) is 4.78. The Bertz CT molecular complexity index is 871. The normalized spacial score (nSPS) is 13.4. The van der Waals surface area contributed by atoms with Crippen LogP contribution in [0.4, 0.5) is 0 Å². The van der Waals surface area contributed by atoms with E-state index in [-0.39, 0.29) is 0 Å². The Morgan fingerprint density at radius 2 is 1.79 bits per heavy atom. The zero-order valence-corrected chi connectivity index (χ0v) is 14.3. The van der Waals surface area contributed by atoms with E-state index in [1.165, 1.54) is 5.56 Å². The second kappa shape index (κ2) is 6.36. The number of aromatic nitrogens is 2. The summed E-state index contributed by atoms with van der Waals surface area (Å²) in [5, 5.41) is 0. The molecule has 3 aromatic rings. The molecule has 2 aromatic carbocycles. The Morgan fingerprint density at radius 1 is 1.08 bits per heavy atom. The zero-order valence-electron chi connectivity index (χ0n) is 13.6. The molecule has 0 atom stereocenters. The number of hydrogen-bond donors (Lipinski definition) is 0. The molecule has 4 rings (SSSR count). The van der Waals surface area contributed by atoms with E-state index in [9.17, 15) is 0 Å². The van der Waals surface area contributed by atoms with Crippen molar-refractivity contribution in [2.24, 2.45) is 0 Å². The van der Waals surface area contributed by atoms with Gasteiger partial charge in [-0.1, -0.05) is 19.1 Å². The highest BCUT2D eigenvalue weighted by Gasteiger charge is 2.18. The minimum atomic E-state index is 0.584. The first-order valence-corrected chi connectivity index (χ1v) is 8.80. The quantitative estimate of drug-likeness (QED) is 0.668. The maximum absolute atomic E-state index is 5.83.